The Morgan fingerprint density at radius 1 is 1.47 bits per heavy atom. The molecule has 0 aliphatic rings. The van der Waals surface area contributed by atoms with Gasteiger partial charge in [-0.1, -0.05) is 12.0 Å². The van der Waals surface area contributed by atoms with Crippen molar-refractivity contribution >= 4 is 17.7 Å². The fourth-order valence-electron chi connectivity index (χ4n) is 1.48. The van der Waals surface area contributed by atoms with Crippen molar-refractivity contribution < 1.29 is 4.79 Å². The first kappa shape index (κ1) is 12.9. The molecule has 9 heteroatoms. The van der Waals surface area contributed by atoms with Crippen LogP contribution >= 0.6 is 0 Å². The molecule has 0 aliphatic heterocycles. The highest BCUT2D eigenvalue weighted by Gasteiger charge is 2.11. The summed E-state index contributed by atoms with van der Waals surface area (Å²) in [5.74, 6) is 5.54. The van der Waals surface area contributed by atoms with E-state index in [-0.39, 0.29) is 11.9 Å². The molecule has 100 valence electrons. The predicted molar refractivity (Wildman–Crippen MR) is 68.2 cm³/mol. The molecular formula is C10H14N8O. The average molecular weight is 262 g/mol. The first-order chi connectivity index (χ1) is 9.12. The lowest BCUT2D eigenvalue weighted by Gasteiger charge is -2.06. The fourth-order valence-corrected chi connectivity index (χ4v) is 1.48. The van der Waals surface area contributed by atoms with Crippen LogP contribution in [0.5, 0.6) is 0 Å². The second kappa shape index (κ2) is 5.40. The van der Waals surface area contributed by atoms with Crippen molar-refractivity contribution in [1.29, 1.82) is 0 Å². The summed E-state index contributed by atoms with van der Waals surface area (Å²) in [5.41, 5.74) is 3.61. The standard InChI is InChI=1S/C10H14N8O/c1-3-7-4-6(5-8(12-7)14-11)9(19)13-10-15-17-18(2)16-10/h4-5H,3,11H2,1-2H3,(H,12,14)(H,13,16,19). The van der Waals surface area contributed by atoms with Gasteiger partial charge in [0, 0.05) is 11.3 Å². The first-order valence-electron chi connectivity index (χ1n) is 5.65. The number of carbonyl (C=O) groups is 1. The summed E-state index contributed by atoms with van der Waals surface area (Å²) in [6.07, 6.45) is 0.694. The normalized spacial score (nSPS) is 10.3. The summed E-state index contributed by atoms with van der Waals surface area (Å²) < 4.78 is 0. The SMILES string of the molecule is CCc1cc(C(=O)Nc2nnn(C)n2)cc(NN)n1. The maximum absolute atomic E-state index is 12.0. The molecule has 4 N–H and O–H groups in total. The number of amides is 1. The van der Waals surface area contributed by atoms with Gasteiger partial charge in [-0.3, -0.25) is 10.1 Å². The Labute approximate surface area is 109 Å². The number of aryl methyl sites for hydroxylation is 2. The van der Waals surface area contributed by atoms with Crippen molar-refractivity contribution in [2.75, 3.05) is 10.7 Å². The highest BCUT2D eigenvalue weighted by Crippen LogP contribution is 2.11. The Bertz CT molecular complexity index is 571. The molecule has 0 unspecified atom stereocenters. The Balaban J connectivity index is 2.22. The summed E-state index contributed by atoms with van der Waals surface area (Å²) >= 11 is 0. The van der Waals surface area contributed by atoms with Crippen molar-refractivity contribution in [3.05, 3.63) is 23.4 Å². The van der Waals surface area contributed by atoms with E-state index < -0.39 is 0 Å². The van der Waals surface area contributed by atoms with E-state index in [1.54, 1.807) is 19.2 Å². The van der Waals surface area contributed by atoms with Gasteiger partial charge in [-0.15, -0.1) is 5.10 Å². The highest BCUT2D eigenvalue weighted by atomic mass is 16.1. The zero-order valence-corrected chi connectivity index (χ0v) is 10.6. The molecule has 0 radical (unpaired) electrons. The summed E-state index contributed by atoms with van der Waals surface area (Å²) in [4.78, 5) is 17.5. The number of nitrogens with zero attached hydrogens (tertiary/aromatic N) is 5. The lowest BCUT2D eigenvalue weighted by Crippen LogP contribution is -2.16. The largest absolute Gasteiger partial charge is 0.308 e. The van der Waals surface area contributed by atoms with E-state index >= 15 is 0 Å². The van der Waals surface area contributed by atoms with E-state index in [4.69, 9.17) is 5.84 Å². The summed E-state index contributed by atoms with van der Waals surface area (Å²) in [6, 6.07) is 3.23. The minimum atomic E-state index is -0.346. The molecule has 0 saturated heterocycles. The number of nitrogens with two attached hydrogens (primary N) is 1. The third-order valence-electron chi connectivity index (χ3n) is 2.38. The number of hydrazine groups is 1. The minimum absolute atomic E-state index is 0.143. The molecule has 0 saturated carbocycles. The van der Waals surface area contributed by atoms with Crippen molar-refractivity contribution in [3.63, 3.8) is 0 Å². The van der Waals surface area contributed by atoms with Gasteiger partial charge in [0.25, 0.3) is 11.9 Å². The molecule has 9 nitrogen and oxygen atoms in total. The number of hydrogen-bond acceptors (Lipinski definition) is 7. The summed E-state index contributed by atoms with van der Waals surface area (Å²) in [5, 5.41) is 13.7. The van der Waals surface area contributed by atoms with Crippen LogP contribution in [0.25, 0.3) is 0 Å². The molecule has 2 rings (SSSR count). The molecule has 2 heterocycles. The van der Waals surface area contributed by atoms with Crippen molar-refractivity contribution in [3.8, 4) is 0 Å². The Kier molecular flexibility index (Phi) is 3.66. The molecule has 19 heavy (non-hydrogen) atoms. The number of pyridine rings is 1. The van der Waals surface area contributed by atoms with E-state index in [0.29, 0.717) is 17.8 Å². The van der Waals surface area contributed by atoms with Crippen LogP contribution < -0.4 is 16.6 Å². The molecule has 0 fully saturated rings. The number of anilines is 2. The van der Waals surface area contributed by atoms with E-state index in [9.17, 15) is 4.79 Å². The van der Waals surface area contributed by atoms with Crippen LogP contribution in [0.2, 0.25) is 0 Å². The maximum Gasteiger partial charge on any atom is 0.270 e. The summed E-state index contributed by atoms with van der Waals surface area (Å²) in [7, 11) is 1.61. The number of aromatic nitrogens is 5. The monoisotopic (exact) mass is 262 g/mol. The molecule has 1 amide bonds. The molecule has 0 spiro atoms. The third kappa shape index (κ3) is 3.01. The second-order valence-electron chi connectivity index (χ2n) is 3.79. The van der Waals surface area contributed by atoms with Crippen LogP contribution in [0.4, 0.5) is 11.8 Å². The van der Waals surface area contributed by atoms with E-state index in [0.717, 1.165) is 5.69 Å². The van der Waals surface area contributed by atoms with Crippen LogP contribution in [-0.2, 0) is 13.5 Å². The van der Waals surface area contributed by atoms with Gasteiger partial charge in [-0.05, 0) is 23.8 Å². The Morgan fingerprint density at radius 2 is 2.26 bits per heavy atom. The predicted octanol–water partition coefficient (Wildman–Crippen LogP) is -0.295. The zero-order valence-electron chi connectivity index (χ0n) is 10.6. The number of nitrogen functional groups attached to an aromatic ring is 1. The smallest absolute Gasteiger partial charge is 0.270 e. The number of tetrazole rings is 1. The summed E-state index contributed by atoms with van der Waals surface area (Å²) in [6.45, 7) is 1.94. The molecular weight excluding hydrogens is 248 g/mol. The van der Waals surface area contributed by atoms with Gasteiger partial charge in [0.15, 0.2) is 0 Å². The fraction of sp³-hybridized carbons (Fsp3) is 0.300. The van der Waals surface area contributed by atoms with Gasteiger partial charge in [0.1, 0.15) is 5.82 Å². The van der Waals surface area contributed by atoms with Crippen LogP contribution in [0, 0.1) is 0 Å². The van der Waals surface area contributed by atoms with Gasteiger partial charge < -0.3 is 5.43 Å². The van der Waals surface area contributed by atoms with Crippen molar-refractivity contribution in [1.82, 2.24) is 25.2 Å². The van der Waals surface area contributed by atoms with Crippen LogP contribution in [0.3, 0.4) is 0 Å². The van der Waals surface area contributed by atoms with Gasteiger partial charge >= 0.3 is 0 Å². The second-order valence-corrected chi connectivity index (χ2v) is 3.79. The van der Waals surface area contributed by atoms with E-state index in [1.165, 1.54) is 4.80 Å². The number of carbonyl (C=O) groups excluding carboxylic acids is 1. The van der Waals surface area contributed by atoms with E-state index in [2.05, 4.69) is 31.1 Å². The van der Waals surface area contributed by atoms with Crippen LogP contribution in [-0.4, -0.2) is 31.1 Å². The van der Waals surface area contributed by atoms with Gasteiger partial charge in [0.2, 0.25) is 0 Å². The maximum atomic E-state index is 12.0. The molecule has 0 aliphatic carbocycles. The van der Waals surface area contributed by atoms with Crippen molar-refractivity contribution in [2.24, 2.45) is 12.9 Å². The highest BCUT2D eigenvalue weighted by molar-refractivity contribution is 6.03. The van der Waals surface area contributed by atoms with Crippen LogP contribution in [0.1, 0.15) is 23.0 Å². The van der Waals surface area contributed by atoms with Crippen molar-refractivity contribution in [2.45, 2.75) is 13.3 Å². The van der Waals surface area contributed by atoms with Gasteiger partial charge in [-0.2, -0.15) is 4.80 Å². The molecule has 0 atom stereocenters. The molecule has 0 bridgehead atoms. The van der Waals surface area contributed by atoms with Gasteiger partial charge in [0.05, 0.1) is 7.05 Å². The lowest BCUT2D eigenvalue weighted by atomic mass is 10.2. The quantitative estimate of drug-likeness (QED) is 0.510. The Morgan fingerprint density at radius 3 is 2.84 bits per heavy atom. The Hall–Kier alpha value is -2.55. The first-order valence-corrected chi connectivity index (χ1v) is 5.65. The number of hydrogen-bond donors (Lipinski definition) is 3. The van der Waals surface area contributed by atoms with Crippen LogP contribution in [0.15, 0.2) is 12.1 Å². The minimum Gasteiger partial charge on any atom is -0.308 e. The average Bonchev–Trinajstić information content (AvgIpc) is 2.83. The lowest BCUT2D eigenvalue weighted by molar-refractivity contribution is 0.102. The topological polar surface area (TPSA) is 124 Å². The van der Waals surface area contributed by atoms with E-state index in [1.807, 2.05) is 6.92 Å². The van der Waals surface area contributed by atoms with Gasteiger partial charge in [-0.25, -0.2) is 10.8 Å². The number of rotatable bonds is 4. The third-order valence-corrected chi connectivity index (χ3v) is 2.38. The number of nitrogens with one attached hydrogen (secondary N) is 2. The molecule has 2 aromatic heterocycles. The zero-order chi connectivity index (χ0) is 13.8. The molecule has 2 aromatic rings. The molecule has 0 aromatic carbocycles.